The van der Waals surface area contributed by atoms with Gasteiger partial charge in [0, 0.05) is 5.69 Å². The summed E-state index contributed by atoms with van der Waals surface area (Å²) in [5, 5.41) is 0. The molecule has 1 rings (SSSR count). The van der Waals surface area contributed by atoms with Gasteiger partial charge in [0.15, 0.2) is 0 Å². The van der Waals surface area contributed by atoms with Crippen LogP contribution >= 0.6 is 0 Å². The molecule has 0 bridgehead atoms. The van der Waals surface area contributed by atoms with E-state index in [0.29, 0.717) is 11.8 Å². The summed E-state index contributed by atoms with van der Waals surface area (Å²) in [6.45, 7) is 8.77. The van der Waals surface area contributed by atoms with Gasteiger partial charge < -0.3 is 5.73 Å². The average Bonchev–Trinajstić information content (AvgIpc) is 2.03. The van der Waals surface area contributed by atoms with Gasteiger partial charge in [-0.1, -0.05) is 41.2 Å². The van der Waals surface area contributed by atoms with Crippen molar-refractivity contribution in [2.24, 2.45) is 0 Å². The molecule has 0 aliphatic heterocycles. The predicted molar refractivity (Wildman–Crippen MR) is 65.8 cm³/mol. The molecule has 0 aliphatic rings. The van der Waals surface area contributed by atoms with Crippen LogP contribution in [0.25, 0.3) is 0 Å². The van der Waals surface area contributed by atoms with Crippen LogP contribution in [0.2, 0.25) is 0 Å². The topological polar surface area (TPSA) is 26.0 Å². The number of anilines is 1. The number of hydrogen-bond acceptors (Lipinski definition) is 1. The molecular formula is C13H23N. The Balaban J connectivity index is 0.00000169. The zero-order valence-corrected chi connectivity index (χ0v) is 8.96. The molecule has 0 amide bonds. The van der Waals surface area contributed by atoms with E-state index in [2.05, 4.69) is 45.9 Å². The molecule has 14 heavy (non-hydrogen) atoms. The molecule has 0 heterocycles. The van der Waals surface area contributed by atoms with Crippen LogP contribution in [-0.4, -0.2) is 0 Å². The number of nitrogens with two attached hydrogens (primary N) is 1. The van der Waals surface area contributed by atoms with Crippen molar-refractivity contribution < 1.29 is 0 Å². The van der Waals surface area contributed by atoms with E-state index < -0.39 is 0 Å². The fourth-order valence-electron chi connectivity index (χ4n) is 1.37. The van der Waals surface area contributed by atoms with Crippen molar-refractivity contribution in [3.8, 4) is 0 Å². The first kappa shape index (κ1) is 13.0. The second-order valence-electron chi connectivity index (χ2n) is 4.24. The predicted octanol–water partition coefficient (Wildman–Crippen LogP) is 4.15. The summed E-state index contributed by atoms with van der Waals surface area (Å²) < 4.78 is 0. The quantitative estimate of drug-likeness (QED) is 0.701. The van der Waals surface area contributed by atoms with Gasteiger partial charge >= 0.3 is 0 Å². The second-order valence-corrected chi connectivity index (χ2v) is 4.24. The summed E-state index contributed by atoms with van der Waals surface area (Å²) >= 11 is 0. The van der Waals surface area contributed by atoms with Gasteiger partial charge in [-0.3, -0.25) is 0 Å². The second kappa shape index (κ2) is 5.04. The van der Waals surface area contributed by atoms with Crippen molar-refractivity contribution in [3.05, 3.63) is 29.3 Å². The van der Waals surface area contributed by atoms with Crippen molar-refractivity contribution in [1.82, 2.24) is 0 Å². The van der Waals surface area contributed by atoms with Crippen LogP contribution in [0.3, 0.4) is 0 Å². The minimum atomic E-state index is 0. The molecule has 1 aromatic rings. The maximum absolute atomic E-state index is 5.84. The average molecular weight is 193 g/mol. The van der Waals surface area contributed by atoms with Gasteiger partial charge in [0.25, 0.3) is 0 Å². The van der Waals surface area contributed by atoms with Crippen LogP contribution in [0.15, 0.2) is 18.2 Å². The van der Waals surface area contributed by atoms with Gasteiger partial charge in [0.2, 0.25) is 0 Å². The Morgan fingerprint density at radius 3 is 1.50 bits per heavy atom. The van der Waals surface area contributed by atoms with Crippen molar-refractivity contribution >= 4 is 5.69 Å². The van der Waals surface area contributed by atoms with Crippen LogP contribution in [0.4, 0.5) is 5.69 Å². The minimum Gasteiger partial charge on any atom is -0.399 e. The van der Waals surface area contributed by atoms with Crippen molar-refractivity contribution in [3.63, 3.8) is 0 Å². The maximum Gasteiger partial charge on any atom is 0.0319 e. The van der Waals surface area contributed by atoms with Crippen LogP contribution in [-0.2, 0) is 0 Å². The Morgan fingerprint density at radius 1 is 0.857 bits per heavy atom. The van der Waals surface area contributed by atoms with Gasteiger partial charge in [-0.25, -0.2) is 0 Å². The van der Waals surface area contributed by atoms with E-state index in [1.165, 1.54) is 11.1 Å². The Bertz CT molecular complexity index is 261. The van der Waals surface area contributed by atoms with E-state index in [9.17, 15) is 0 Å². The molecule has 0 aliphatic carbocycles. The molecule has 1 heteroatoms. The van der Waals surface area contributed by atoms with E-state index >= 15 is 0 Å². The Labute approximate surface area is 88.3 Å². The molecule has 0 atom stereocenters. The maximum atomic E-state index is 5.84. The smallest absolute Gasteiger partial charge is 0.0319 e. The van der Waals surface area contributed by atoms with Gasteiger partial charge in [-0.15, -0.1) is 0 Å². The third kappa shape index (κ3) is 3.06. The lowest BCUT2D eigenvalue weighted by molar-refractivity contribution is 0.835. The summed E-state index contributed by atoms with van der Waals surface area (Å²) in [6.07, 6.45) is 0. The summed E-state index contributed by atoms with van der Waals surface area (Å²) in [5.74, 6) is 1.11. The third-order valence-corrected chi connectivity index (χ3v) is 2.33. The summed E-state index contributed by atoms with van der Waals surface area (Å²) in [5.41, 5.74) is 9.39. The lowest BCUT2D eigenvalue weighted by Crippen LogP contribution is -1.96. The van der Waals surface area contributed by atoms with Crippen LogP contribution in [0, 0.1) is 0 Å². The summed E-state index contributed by atoms with van der Waals surface area (Å²) in [6, 6.07) is 6.39. The van der Waals surface area contributed by atoms with Crippen molar-refractivity contribution in [2.45, 2.75) is 47.0 Å². The first-order valence-corrected chi connectivity index (χ1v) is 4.91. The molecule has 0 unspecified atom stereocenters. The molecule has 0 aromatic heterocycles. The fourth-order valence-corrected chi connectivity index (χ4v) is 1.37. The van der Waals surface area contributed by atoms with E-state index in [-0.39, 0.29) is 7.43 Å². The molecule has 0 saturated heterocycles. The molecule has 2 N–H and O–H groups in total. The van der Waals surface area contributed by atoms with E-state index in [1.807, 2.05) is 0 Å². The molecule has 80 valence electrons. The van der Waals surface area contributed by atoms with Gasteiger partial charge in [-0.2, -0.15) is 0 Å². The molecule has 1 nitrogen and oxygen atoms in total. The van der Waals surface area contributed by atoms with E-state index in [1.54, 1.807) is 0 Å². The lowest BCUT2D eigenvalue weighted by Gasteiger charge is -2.12. The largest absolute Gasteiger partial charge is 0.399 e. The highest BCUT2D eigenvalue weighted by Gasteiger charge is 2.05. The molecule has 0 spiro atoms. The number of hydrogen-bond donors (Lipinski definition) is 1. The first-order valence-electron chi connectivity index (χ1n) is 4.91. The van der Waals surface area contributed by atoms with Crippen LogP contribution in [0.5, 0.6) is 0 Å². The monoisotopic (exact) mass is 193 g/mol. The summed E-state index contributed by atoms with van der Waals surface area (Å²) in [7, 11) is 0. The first-order chi connectivity index (χ1) is 6.00. The Morgan fingerprint density at radius 2 is 1.21 bits per heavy atom. The molecular weight excluding hydrogens is 170 g/mol. The third-order valence-electron chi connectivity index (χ3n) is 2.33. The highest BCUT2D eigenvalue weighted by atomic mass is 14.5. The number of nitrogen functional groups attached to an aromatic ring is 1. The van der Waals surface area contributed by atoms with Crippen molar-refractivity contribution in [2.75, 3.05) is 5.73 Å². The Hall–Kier alpha value is -0.980. The van der Waals surface area contributed by atoms with Gasteiger partial charge in [0.1, 0.15) is 0 Å². The highest BCUT2D eigenvalue weighted by molar-refractivity contribution is 5.46. The molecule has 1 aromatic carbocycles. The van der Waals surface area contributed by atoms with Crippen LogP contribution in [0.1, 0.15) is 58.1 Å². The zero-order valence-electron chi connectivity index (χ0n) is 8.96. The normalized spacial score (nSPS) is 10.4. The fraction of sp³-hybridized carbons (Fsp3) is 0.538. The lowest BCUT2D eigenvalue weighted by atomic mass is 9.95. The van der Waals surface area contributed by atoms with E-state index in [4.69, 9.17) is 5.73 Å². The molecule has 0 radical (unpaired) electrons. The van der Waals surface area contributed by atoms with E-state index in [0.717, 1.165) is 5.69 Å². The SMILES string of the molecule is C.CC(C)c1cc(N)cc(C(C)C)c1. The van der Waals surface area contributed by atoms with Gasteiger partial charge in [-0.05, 0) is 35.1 Å². The zero-order chi connectivity index (χ0) is 10.0. The van der Waals surface area contributed by atoms with Crippen molar-refractivity contribution in [1.29, 1.82) is 0 Å². The Kier molecular flexibility index (Phi) is 4.69. The summed E-state index contributed by atoms with van der Waals surface area (Å²) in [4.78, 5) is 0. The van der Waals surface area contributed by atoms with Crippen LogP contribution < -0.4 is 5.73 Å². The highest BCUT2D eigenvalue weighted by Crippen LogP contribution is 2.24. The number of benzene rings is 1. The standard InChI is InChI=1S/C12H19N.CH4/c1-8(2)10-5-11(9(3)4)7-12(13)6-10;/h5-9H,13H2,1-4H3;1H4. The minimum absolute atomic E-state index is 0. The molecule has 0 fully saturated rings. The number of rotatable bonds is 2. The molecule has 0 saturated carbocycles. The van der Waals surface area contributed by atoms with Gasteiger partial charge in [0.05, 0.1) is 0 Å².